The number of methoxy groups -OCH3 is 1. The van der Waals surface area contributed by atoms with Gasteiger partial charge in [0.2, 0.25) is 5.91 Å². The second kappa shape index (κ2) is 20.4. The molecule has 242 valence electrons. The van der Waals surface area contributed by atoms with Gasteiger partial charge in [-0.05, 0) is 31.7 Å². The Morgan fingerprint density at radius 1 is 0.864 bits per heavy atom. The summed E-state index contributed by atoms with van der Waals surface area (Å²) >= 11 is 1.43. The van der Waals surface area contributed by atoms with Crippen molar-refractivity contribution < 1.29 is 38.1 Å². The van der Waals surface area contributed by atoms with Gasteiger partial charge in [0.05, 0.1) is 65.5 Å². The summed E-state index contributed by atoms with van der Waals surface area (Å²) in [6.07, 6.45) is 4.16. The molecular weight excluding hydrogens is 592 g/mol. The summed E-state index contributed by atoms with van der Waals surface area (Å²) in [7, 11) is 3.34. The second-order valence-corrected chi connectivity index (χ2v) is 10.2. The maximum Gasteiger partial charge on any atom is 0.275 e. The van der Waals surface area contributed by atoms with Gasteiger partial charge < -0.3 is 45.0 Å². The molecule has 0 atom stereocenters. The average Bonchev–Trinajstić information content (AvgIpc) is 3.64. The monoisotopic (exact) mass is 634 g/mol. The third-order valence-electron chi connectivity index (χ3n) is 6.08. The predicted octanol–water partition coefficient (Wildman–Crippen LogP) is 1.57. The molecule has 0 saturated heterocycles. The number of carbonyl (C=O) groups excluding carboxylic acids is 3. The second-order valence-electron chi connectivity index (χ2n) is 9.35. The molecule has 0 aliphatic heterocycles. The molecular formula is C29H42N6O8S. The molecule has 0 fully saturated rings. The van der Waals surface area contributed by atoms with Crippen molar-refractivity contribution in [2.45, 2.75) is 12.8 Å². The first-order valence-corrected chi connectivity index (χ1v) is 15.3. The summed E-state index contributed by atoms with van der Waals surface area (Å²) in [5.74, 6) is -0.535. The lowest BCUT2D eigenvalue weighted by molar-refractivity contribution is -0.121. The van der Waals surface area contributed by atoms with Gasteiger partial charge in [-0.25, -0.2) is 4.98 Å². The van der Waals surface area contributed by atoms with Gasteiger partial charge in [0.25, 0.3) is 11.8 Å². The number of hydrogen-bond donors (Lipinski definition) is 4. The Labute approximate surface area is 260 Å². The van der Waals surface area contributed by atoms with Crippen LogP contribution in [-0.2, 0) is 23.7 Å². The smallest absolute Gasteiger partial charge is 0.275 e. The SMILES string of the molecule is CNCCOCCOCCOCCOCCNC(=O)CCCNC(=O)c1cc(NC(=O)c2cn3ccsc3n2)ccc1OC. The van der Waals surface area contributed by atoms with E-state index in [0.29, 0.717) is 82.2 Å². The molecule has 0 aliphatic rings. The van der Waals surface area contributed by atoms with Crippen molar-refractivity contribution in [1.82, 2.24) is 25.3 Å². The molecule has 0 unspecified atom stereocenters. The minimum Gasteiger partial charge on any atom is -0.496 e. The summed E-state index contributed by atoms with van der Waals surface area (Å²) in [4.78, 5) is 42.6. The topological polar surface area (TPSA) is 163 Å². The summed E-state index contributed by atoms with van der Waals surface area (Å²) in [5.41, 5.74) is 0.962. The Morgan fingerprint density at radius 3 is 2.20 bits per heavy atom. The fourth-order valence-corrected chi connectivity index (χ4v) is 4.53. The first kappa shape index (κ1) is 34.9. The number of thiazole rings is 1. The maximum atomic E-state index is 12.8. The predicted molar refractivity (Wildman–Crippen MR) is 166 cm³/mol. The normalized spacial score (nSPS) is 11.0. The summed E-state index contributed by atoms with van der Waals surface area (Å²) in [5, 5.41) is 13.2. The van der Waals surface area contributed by atoms with Gasteiger partial charge in [-0.2, -0.15) is 0 Å². The molecule has 14 nitrogen and oxygen atoms in total. The number of likely N-dealkylation sites (N-methyl/N-ethyl adjacent to an activating group) is 1. The number of benzene rings is 1. The van der Waals surface area contributed by atoms with Crippen molar-refractivity contribution in [2.24, 2.45) is 0 Å². The summed E-state index contributed by atoms with van der Waals surface area (Å²) in [6, 6.07) is 4.80. The molecule has 3 amide bonds. The third kappa shape index (κ3) is 12.6. The Hall–Kier alpha value is -3.60. The summed E-state index contributed by atoms with van der Waals surface area (Å²) < 4.78 is 28.7. The molecule has 3 aromatic rings. The quantitative estimate of drug-likeness (QED) is 0.113. The van der Waals surface area contributed by atoms with Gasteiger partial charge in [0, 0.05) is 49.5 Å². The molecule has 1 aromatic carbocycles. The number of amides is 3. The number of rotatable bonds is 23. The van der Waals surface area contributed by atoms with Crippen LogP contribution in [0.5, 0.6) is 5.75 Å². The van der Waals surface area contributed by atoms with Crippen molar-refractivity contribution in [2.75, 3.05) is 92.0 Å². The summed E-state index contributed by atoms with van der Waals surface area (Å²) in [6.45, 7) is 5.46. The number of anilines is 1. The number of carbonyl (C=O) groups is 3. The van der Waals surface area contributed by atoms with E-state index in [0.717, 1.165) is 6.54 Å². The minimum atomic E-state index is -0.388. The highest BCUT2D eigenvalue weighted by Gasteiger charge is 2.16. The van der Waals surface area contributed by atoms with Gasteiger partial charge in [-0.3, -0.25) is 18.8 Å². The largest absolute Gasteiger partial charge is 0.496 e. The number of aromatic nitrogens is 2. The minimum absolute atomic E-state index is 0.132. The van der Waals surface area contributed by atoms with Crippen molar-refractivity contribution in [3.63, 3.8) is 0 Å². The highest BCUT2D eigenvalue weighted by Crippen LogP contribution is 2.23. The fourth-order valence-electron chi connectivity index (χ4n) is 3.83. The molecule has 0 aliphatic carbocycles. The average molecular weight is 635 g/mol. The van der Waals surface area contributed by atoms with E-state index in [2.05, 4.69) is 26.3 Å². The maximum absolute atomic E-state index is 12.8. The van der Waals surface area contributed by atoms with Crippen LogP contribution in [0.25, 0.3) is 4.96 Å². The molecule has 2 aromatic heterocycles. The van der Waals surface area contributed by atoms with Gasteiger partial charge in [0.1, 0.15) is 11.4 Å². The van der Waals surface area contributed by atoms with Crippen molar-refractivity contribution in [3.05, 3.63) is 47.2 Å². The zero-order valence-electron chi connectivity index (χ0n) is 25.2. The number of nitrogens with one attached hydrogen (secondary N) is 4. The lowest BCUT2D eigenvalue weighted by atomic mass is 10.1. The first-order chi connectivity index (χ1) is 21.5. The lowest BCUT2D eigenvalue weighted by Gasteiger charge is -2.12. The Bertz CT molecular complexity index is 1270. The van der Waals surface area contributed by atoms with E-state index >= 15 is 0 Å². The molecule has 15 heteroatoms. The van der Waals surface area contributed by atoms with Crippen LogP contribution >= 0.6 is 11.3 Å². The number of imidazole rings is 1. The zero-order chi connectivity index (χ0) is 31.4. The van der Waals surface area contributed by atoms with E-state index in [9.17, 15) is 14.4 Å². The molecule has 0 spiro atoms. The van der Waals surface area contributed by atoms with E-state index in [4.69, 9.17) is 23.7 Å². The molecule has 0 radical (unpaired) electrons. The lowest BCUT2D eigenvalue weighted by Crippen LogP contribution is -2.29. The van der Waals surface area contributed by atoms with E-state index in [1.807, 2.05) is 18.6 Å². The van der Waals surface area contributed by atoms with Crippen molar-refractivity contribution >= 4 is 39.7 Å². The van der Waals surface area contributed by atoms with E-state index in [1.54, 1.807) is 28.8 Å². The number of nitrogens with zero attached hydrogens (tertiary/aromatic N) is 2. The highest BCUT2D eigenvalue weighted by atomic mass is 32.1. The van der Waals surface area contributed by atoms with Gasteiger partial charge in [-0.15, -0.1) is 11.3 Å². The molecule has 2 heterocycles. The molecule has 44 heavy (non-hydrogen) atoms. The Morgan fingerprint density at radius 2 is 1.55 bits per heavy atom. The molecule has 0 bridgehead atoms. The fraction of sp³-hybridized carbons (Fsp3) is 0.517. The molecule has 3 rings (SSSR count). The van der Waals surface area contributed by atoms with Gasteiger partial charge in [0.15, 0.2) is 4.96 Å². The highest BCUT2D eigenvalue weighted by molar-refractivity contribution is 7.15. The number of hydrogen-bond acceptors (Lipinski definition) is 11. The van der Waals surface area contributed by atoms with Crippen LogP contribution in [0.2, 0.25) is 0 Å². The van der Waals surface area contributed by atoms with Crippen LogP contribution in [0.3, 0.4) is 0 Å². The molecule has 4 N–H and O–H groups in total. The Balaban J connectivity index is 1.22. The van der Waals surface area contributed by atoms with E-state index in [1.165, 1.54) is 18.4 Å². The van der Waals surface area contributed by atoms with Crippen LogP contribution in [0, 0.1) is 0 Å². The van der Waals surface area contributed by atoms with Crippen molar-refractivity contribution in [3.8, 4) is 5.75 Å². The Kier molecular flexibility index (Phi) is 16.2. The van der Waals surface area contributed by atoms with Crippen molar-refractivity contribution in [1.29, 1.82) is 0 Å². The van der Waals surface area contributed by atoms with Gasteiger partial charge >= 0.3 is 0 Å². The first-order valence-electron chi connectivity index (χ1n) is 14.4. The van der Waals surface area contributed by atoms with Crippen LogP contribution in [-0.4, -0.2) is 114 Å². The zero-order valence-corrected chi connectivity index (χ0v) is 26.0. The number of fused-ring (bicyclic) bond motifs is 1. The van der Waals surface area contributed by atoms with E-state index < -0.39 is 0 Å². The van der Waals surface area contributed by atoms with E-state index in [-0.39, 0.29) is 41.9 Å². The van der Waals surface area contributed by atoms with Crippen LogP contribution in [0.4, 0.5) is 5.69 Å². The van der Waals surface area contributed by atoms with Gasteiger partial charge in [-0.1, -0.05) is 0 Å². The van der Waals surface area contributed by atoms with Crippen LogP contribution in [0.1, 0.15) is 33.7 Å². The van der Waals surface area contributed by atoms with Crippen LogP contribution < -0.4 is 26.0 Å². The molecule has 0 saturated carbocycles. The standard InChI is InChI=1S/C29H42N6O8S/c1-30-8-11-40-13-15-42-17-18-43-16-14-41-12-9-31-26(36)4-3-7-32-27(37)23-20-22(5-6-25(23)39-2)33-28(38)24-21-35-10-19-44-29(35)34-24/h5-6,10,19-21,30H,3-4,7-9,11-18H2,1-2H3,(H,31,36)(H,32,37)(H,33,38). The van der Waals surface area contributed by atoms with Crippen LogP contribution in [0.15, 0.2) is 36.0 Å². The number of ether oxygens (including phenoxy) is 5. The third-order valence-corrected chi connectivity index (χ3v) is 6.85.